The van der Waals surface area contributed by atoms with Gasteiger partial charge < -0.3 is 14.8 Å². The van der Waals surface area contributed by atoms with E-state index in [0.717, 1.165) is 10.6 Å². The number of thiophene rings is 1. The lowest BCUT2D eigenvalue weighted by Crippen LogP contribution is -2.00. The number of methoxy groups -OCH3 is 2. The Labute approximate surface area is 126 Å². The summed E-state index contributed by atoms with van der Waals surface area (Å²) in [4.78, 5) is 1.07. The zero-order chi connectivity index (χ0) is 14.5. The van der Waals surface area contributed by atoms with Crippen molar-refractivity contribution in [2.24, 2.45) is 0 Å². The first-order valence-electron chi connectivity index (χ1n) is 5.80. The van der Waals surface area contributed by atoms with Crippen molar-refractivity contribution in [1.82, 2.24) is 0 Å². The second kappa shape index (κ2) is 6.51. The minimum atomic E-state index is 0.514. The Morgan fingerprint density at radius 2 is 2.00 bits per heavy atom. The lowest BCUT2D eigenvalue weighted by Gasteiger charge is -2.13. The molecule has 0 spiro atoms. The average Bonchev–Trinajstić information content (AvgIpc) is 2.93. The van der Waals surface area contributed by atoms with Gasteiger partial charge in [-0.1, -0.05) is 11.6 Å². The number of hydrogen-bond acceptors (Lipinski definition) is 5. The van der Waals surface area contributed by atoms with Gasteiger partial charge in [0.05, 0.1) is 30.5 Å². The third-order valence-electron chi connectivity index (χ3n) is 2.71. The Hall–Kier alpha value is -1.90. The predicted molar refractivity (Wildman–Crippen MR) is 80.9 cm³/mol. The van der Waals surface area contributed by atoms with Gasteiger partial charge in [-0.15, -0.1) is 11.3 Å². The number of nitriles is 1. The highest BCUT2D eigenvalue weighted by Gasteiger charge is 2.10. The van der Waals surface area contributed by atoms with Crippen molar-refractivity contribution in [2.45, 2.75) is 6.54 Å². The minimum Gasteiger partial charge on any atom is -0.495 e. The number of benzene rings is 1. The zero-order valence-electron chi connectivity index (χ0n) is 11.1. The second-order valence-electron chi connectivity index (χ2n) is 3.95. The van der Waals surface area contributed by atoms with E-state index in [0.29, 0.717) is 28.6 Å². The molecule has 0 atom stereocenters. The highest BCUT2D eigenvalue weighted by atomic mass is 35.5. The maximum absolute atomic E-state index is 8.80. The quantitative estimate of drug-likeness (QED) is 0.910. The van der Waals surface area contributed by atoms with Gasteiger partial charge in [0.15, 0.2) is 0 Å². The summed E-state index contributed by atoms with van der Waals surface area (Å²) in [6.45, 7) is 0.603. The molecule has 104 valence electrons. The van der Waals surface area contributed by atoms with Crippen LogP contribution in [0, 0.1) is 11.3 Å². The summed E-state index contributed by atoms with van der Waals surface area (Å²) in [6.07, 6.45) is 0. The number of ether oxygens (including phenoxy) is 2. The van der Waals surface area contributed by atoms with Crippen LogP contribution in [0.4, 0.5) is 5.69 Å². The highest BCUT2D eigenvalue weighted by molar-refractivity contribution is 7.10. The summed E-state index contributed by atoms with van der Waals surface area (Å²) < 4.78 is 10.5. The van der Waals surface area contributed by atoms with Crippen LogP contribution in [0.15, 0.2) is 23.6 Å². The SMILES string of the molecule is COc1cc(OC)c(NCc2cc(C#N)cs2)cc1Cl. The first-order valence-corrected chi connectivity index (χ1v) is 7.06. The Morgan fingerprint density at radius 3 is 2.60 bits per heavy atom. The van der Waals surface area contributed by atoms with Gasteiger partial charge in [0.2, 0.25) is 0 Å². The highest BCUT2D eigenvalue weighted by Crippen LogP contribution is 2.36. The molecule has 1 aromatic carbocycles. The number of nitrogens with one attached hydrogen (secondary N) is 1. The number of nitrogens with zero attached hydrogens (tertiary/aromatic N) is 1. The minimum absolute atomic E-state index is 0.514. The molecule has 0 aliphatic carbocycles. The summed E-state index contributed by atoms with van der Waals surface area (Å²) in [5.74, 6) is 1.22. The van der Waals surface area contributed by atoms with Crippen LogP contribution >= 0.6 is 22.9 Å². The lowest BCUT2D eigenvalue weighted by molar-refractivity contribution is 0.395. The summed E-state index contributed by atoms with van der Waals surface area (Å²) in [5, 5.41) is 14.4. The van der Waals surface area contributed by atoms with Crippen molar-refractivity contribution in [2.75, 3.05) is 19.5 Å². The van der Waals surface area contributed by atoms with Crippen molar-refractivity contribution in [1.29, 1.82) is 5.26 Å². The molecule has 0 radical (unpaired) electrons. The van der Waals surface area contributed by atoms with E-state index >= 15 is 0 Å². The normalized spacial score (nSPS) is 9.90. The van der Waals surface area contributed by atoms with Crippen LogP contribution in [0.3, 0.4) is 0 Å². The van der Waals surface area contributed by atoms with Gasteiger partial charge in [-0.3, -0.25) is 0 Å². The van der Waals surface area contributed by atoms with Crippen molar-refractivity contribution < 1.29 is 9.47 Å². The third kappa shape index (κ3) is 3.16. The molecular formula is C14H13ClN2O2S. The molecule has 1 heterocycles. The molecule has 0 saturated heterocycles. The number of hydrogen-bond donors (Lipinski definition) is 1. The van der Waals surface area contributed by atoms with Gasteiger partial charge in [-0.05, 0) is 12.1 Å². The molecule has 0 unspecified atom stereocenters. The standard InChI is InChI=1S/C14H13ClN2O2S/c1-18-13-5-14(19-2)12(4-11(13)15)17-7-10-3-9(6-16)8-20-10/h3-5,8,17H,7H2,1-2H3. The fourth-order valence-electron chi connectivity index (χ4n) is 1.71. The molecular weight excluding hydrogens is 296 g/mol. The van der Waals surface area contributed by atoms with Gasteiger partial charge in [0.25, 0.3) is 0 Å². The van der Waals surface area contributed by atoms with Crippen LogP contribution in [-0.2, 0) is 6.54 Å². The van der Waals surface area contributed by atoms with Gasteiger partial charge in [-0.2, -0.15) is 5.26 Å². The van der Waals surface area contributed by atoms with E-state index in [4.69, 9.17) is 26.3 Å². The van der Waals surface area contributed by atoms with E-state index < -0.39 is 0 Å². The molecule has 0 bridgehead atoms. The van der Waals surface area contributed by atoms with Crippen molar-refractivity contribution in [3.63, 3.8) is 0 Å². The monoisotopic (exact) mass is 308 g/mol. The number of halogens is 1. The van der Waals surface area contributed by atoms with E-state index in [9.17, 15) is 0 Å². The van der Waals surface area contributed by atoms with Crippen LogP contribution in [0.25, 0.3) is 0 Å². The van der Waals surface area contributed by atoms with Gasteiger partial charge in [0, 0.05) is 22.9 Å². The third-order valence-corrected chi connectivity index (χ3v) is 3.94. The molecule has 0 amide bonds. The smallest absolute Gasteiger partial charge is 0.145 e. The maximum atomic E-state index is 8.80. The van der Waals surface area contributed by atoms with Crippen LogP contribution < -0.4 is 14.8 Å². The molecule has 0 aliphatic heterocycles. The van der Waals surface area contributed by atoms with E-state index in [1.54, 1.807) is 26.4 Å². The Kier molecular flexibility index (Phi) is 4.72. The molecule has 2 rings (SSSR count). The van der Waals surface area contributed by atoms with Gasteiger partial charge in [0.1, 0.15) is 17.6 Å². The Balaban J connectivity index is 2.16. The van der Waals surface area contributed by atoms with Gasteiger partial charge in [-0.25, -0.2) is 0 Å². The molecule has 1 aromatic heterocycles. The topological polar surface area (TPSA) is 54.3 Å². The van der Waals surface area contributed by atoms with E-state index in [1.807, 2.05) is 11.4 Å². The first-order chi connectivity index (χ1) is 9.67. The lowest BCUT2D eigenvalue weighted by atomic mass is 10.2. The predicted octanol–water partition coefficient (Wildman–Crippen LogP) is 3.90. The molecule has 2 aromatic rings. The second-order valence-corrected chi connectivity index (χ2v) is 5.36. The summed E-state index contributed by atoms with van der Waals surface area (Å²) in [6, 6.07) is 7.47. The number of anilines is 1. The van der Waals surface area contributed by atoms with Crippen LogP contribution in [0.5, 0.6) is 11.5 Å². The average molecular weight is 309 g/mol. The summed E-state index contributed by atoms with van der Waals surface area (Å²) in [7, 11) is 3.15. The van der Waals surface area contributed by atoms with E-state index in [2.05, 4.69) is 11.4 Å². The molecule has 20 heavy (non-hydrogen) atoms. The zero-order valence-corrected chi connectivity index (χ0v) is 12.6. The molecule has 6 heteroatoms. The molecule has 0 fully saturated rings. The fourth-order valence-corrected chi connectivity index (χ4v) is 2.70. The van der Waals surface area contributed by atoms with Crippen molar-refractivity contribution in [3.05, 3.63) is 39.0 Å². The Morgan fingerprint density at radius 1 is 1.25 bits per heavy atom. The van der Waals surface area contributed by atoms with Crippen molar-refractivity contribution >= 4 is 28.6 Å². The van der Waals surface area contributed by atoms with Crippen molar-refractivity contribution in [3.8, 4) is 17.6 Å². The van der Waals surface area contributed by atoms with Crippen LogP contribution in [-0.4, -0.2) is 14.2 Å². The fraction of sp³-hybridized carbons (Fsp3) is 0.214. The number of rotatable bonds is 5. The molecule has 1 N–H and O–H groups in total. The van der Waals surface area contributed by atoms with Crippen LogP contribution in [0.1, 0.15) is 10.4 Å². The maximum Gasteiger partial charge on any atom is 0.145 e. The van der Waals surface area contributed by atoms with E-state index in [1.165, 1.54) is 11.3 Å². The molecule has 4 nitrogen and oxygen atoms in total. The largest absolute Gasteiger partial charge is 0.495 e. The molecule has 0 saturated carbocycles. The van der Waals surface area contributed by atoms with E-state index in [-0.39, 0.29) is 0 Å². The van der Waals surface area contributed by atoms with Gasteiger partial charge >= 0.3 is 0 Å². The molecule has 0 aliphatic rings. The Bertz CT molecular complexity index is 649. The summed E-state index contributed by atoms with van der Waals surface area (Å²) in [5.41, 5.74) is 1.46. The van der Waals surface area contributed by atoms with Crippen LogP contribution in [0.2, 0.25) is 5.02 Å². The summed E-state index contributed by atoms with van der Waals surface area (Å²) >= 11 is 7.64. The first kappa shape index (κ1) is 14.5.